The highest BCUT2D eigenvalue weighted by Gasteiger charge is 2.10. The molecule has 1 N–H and O–H groups in total. The highest BCUT2D eigenvalue weighted by Crippen LogP contribution is 2.23. The Morgan fingerprint density at radius 3 is 2.35 bits per heavy atom. The quantitative estimate of drug-likeness (QED) is 0.687. The summed E-state index contributed by atoms with van der Waals surface area (Å²) in [5.74, 6) is 1.71. The molecule has 0 radical (unpaired) electrons. The van der Waals surface area contributed by atoms with Gasteiger partial charge in [0.25, 0.3) is 0 Å². The Bertz CT molecular complexity index is 579. The van der Waals surface area contributed by atoms with Gasteiger partial charge in [-0.2, -0.15) is 4.98 Å². The lowest BCUT2D eigenvalue weighted by molar-refractivity contribution is 0.740. The number of hydrogen-bond acceptors (Lipinski definition) is 4. The van der Waals surface area contributed by atoms with Gasteiger partial charge in [0.05, 0.1) is 5.69 Å². The van der Waals surface area contributed by atoms with Crippen molar-refractivity contribution >= 4 is 11.8 Å². The first-order valence-corrected chi connectivity index (χ1v) is 8.71. The summed E-state index contributed by atoms with van der Waals surface area (Å²) in [5.41, 5.74) is 2.10. The van der Waals surface area contributed by atoms with Crippen molar-refractivity contribution < 1.29 is 0 Å². The third-order valence-corrected chi connectivity index (χ3v) is 3.93. The Morgan fingerprint density at radius 2 is 1.70 bits per heavy atom. The van der Waals surface area contributed by atoms with Crippen LogP contribution in [0.5, 0.6) is 0 Å². The van der Waals surface area contributed by atoms with Crippen LogP contribution < -0.4 is 10.2 Å². The molecule has 23 heavy (non-hydrogen) atoms. The Balaban J connectivity index is 2.28. The molecule has 0 bridgehead atoms. The molecule has 0 spiro atoms. The van der Waals surface area contributed by atoms with E-state index < -0.39 is 0 Å². The van der Waals surface area contributed by atoms with Crippen molar-refractivity contribution in [3.8, 4) is 11.3 Å². The van der Waals surface area contributed by atoms with Crippen LogP contribution in [-0.4, -0.2) is 29.6 Å². The second kappa shape index (κ2) is 9.13. The average molecular weight is 312 g/mol. The minimum absolute atomic E-state index is 0.726. The smallest absolute Gasteiger partial charge is 0.225 e. The number of benzene rings is 1. The standard InChI is InChI=1S/C19H28N4/c1-4-7-11-14-20-19-21-17(16-12-9-8-10-13-16)15-18(22-19)23(5-2)6-3/h8-10,12-13,15H,4-7,11,14H2,1-3H3,(H,20,21,22). The third-order valence-electron chi connectivity index (χ3n) is 3.93. The lowest BCUT2D eigenvalue weighted by Crippen LogP contribution is -2.23. The molecule has 0 amide bonds. The summed E-state index contributed by atoms with van der Waals surface area (Å²) >= 11 is 0. The fourth-order valence-corrected chi connectivity index (χ4v) is 2.56. The molecule has 1 heterocycles. The van der Waals surface area contributed by atoms with Crippen molar-refractivity contribution in [2.75, 3.05) is 29.9 Å². The lowest BCUT2D eigenvalue weighted by atomic mass is 10.1. The van der Waals surface area contributed by atoms with Crippen LogP contribution in [0.25, 0.3) is 11.3 Å². The molecule has 0 saturated heterocycles. The van der Waals surface area contributed by atoms with Gasteiger partial charge in [-0.15, -0.1) is 0 Å². The zero-order valence-electron chi connectivity index (χ0n) is 14.5. The van der Waals surface area contributed by atoms with E-state index in [0.717, 1.165) is 49.1 Å². The van der Waals surface area contributed by atoms with Crippen molar-refractivity contribution in [2.24, 2.45) is 0 Å². The SMILES string of the molecule is CCCCCNc1nc(-c2ccccc2)cc(N(CC)CC)n1. The van der Waals surface area contributed by atoms with Crippen LogP contribution in [0.3, 0.4) is 0 Å². The zero-order valence-corrected chi connectivity index (χ0v) is 14.5. The molecule has 1 aromatic heterocycles. The minimum atomic E-state index is 0.726. The van der Waals surface area contributed by atoms with E-state index in [1.807, 2.05) is 18.2 Å². The highest BCUT2D eigenvalue weighted by molar-refractivity contribution is 5.64. The van der Waals surface area contributed by atoms with Crippen molar-refractivity contribution in [1.82, 2.24) is 9.97 Å². The van der Waals surface area contributed by atoms with Crippen molar-refractivity contribution in [3.63, 3.8) is 0 Å². The second-order valence-electron chi connectivity index (χ2n) is 5.61. The largest absolute Gasteiger partial charge is 0.357 e. The first-order chi connectivity index (χ1) is 11.3. The number of anilines is 2. The summed E-state index contributed by atoms with van der Waals surface area (Å²) in [7, 11) is 0. The monoisotopic (exact) mass is 312 g/mol. The molecule has 0 atom stereocenters. The third kappa shape index (κ3) is 4.95. The van der Waals surface area contributed by atoms with Gasteiger partial charge in [-0.05, 0) is 20.3 Å². The predicted octanol–water partition coefficient (Wildman–Crippen LogP) is 4.59. The maximum Gasteiger partial charge on any atom is 0.225 e. The van der Waals surface area contributed by atoms with Gasteiger partial charge in [-0.1, -0.05) is 50.1 Å². The molecule has 2 rings (SSSR count). The normalized spacial score (nSPS) is 10.6. The van der Waals surface area contributed by atoms with Crippen LogP contribution >= 0.6 is 0 Å². The van der Waals surface area contributed by atoms with Gasteiger partial charge in [-0.25, -0.2) is 4.98 Å². The van der Waals surface area contributed by atoms with Gasteiger partial charge in [0, 0.05) is 31.3 Å². The van der Waals surface area contributed by atoms with Crippen LogP contribution in [0, 0.1) is 0 Å². The Morgan fingerprint density at radius 1 is 0.957 bits per heavy atom. The van der Waals surface area contributed by atoms with Crippen molar-refractivity contribution in [2.45, 2.75) is 40.0 Å². The van der Waals surface area contributed by atoms with E-state index in [-0.39, 0.29) is 0 Å². The molecule has 0 saturated carbocycles. The van der Waals surface area contributed by atoms with Gasteiger partial charge >= 0.3 is 0 Å². The van der Waals surface area contributed by atoms with Gasteiger partial charge < -0.3 is 10.2 Å². The van der Waals surface area contributed by atoms with Crippen molar-refractivity contribution in [3.05, 3.63) is 36.4 Å². The highest BCUT2D eigenvalue weighted by atomic mass is 15.2. The number of hydrogen-bond donors (Lipinski definition) is 1. The summed E-state index contributed by atoms with van der Waals surface area (Å²) < 4.78 is 0. The Labute approximate surface area is 140 Å². The minimum Gasteiger partial charge on any atom is -0.357 e. The summed E-state index contributed by atoms with van der Waals surface area (Å²) in [6.07, 6.45) is 3.60. The van der Waals surface area contributed by atoms with E-state index in [4.69, 9.17) is 9.97 Å². The zero-order chi connectivity index (χ0) is 16.5. The first-order valence-electron chi connectivity index (χ1n) is 8.71. The number of aromatic nitrogens is 2. The second-order valence-corrected chi connectivity index (χ2v) is 5.61. The van der Waals surface area contributed by atoms with Gasteiger partial charge in [0.1, 0.15) is 5.82 Å². The van der Waals surface area contributed by atoms with Crippen LogP contribution in [0.4, 0.5) is 11.8 Å². The fourth-order valence-electron chi connectivity index (χ4n) is 2.56. The number of nitrogens with one attached hydrogen (secondary N) is 1. The topological polar surface area (TPSA) is 41.1 Å². The summed E-state index contributed by atoms with van der Waals surface area (Å²) in [6.45, 7) is 9.33. The molecule has 0 unspecified atom stereocenters. The Kier molecular flexibility index (Phi) is 6.85. The van der Waals surface area contributed by atoms with E-state index >= 15 is 0 Å². The van der Waals surface area contributed by atoms with Crippen LogP contribution in [0.15, 0.2) is 36.4 Å². The van der Waals surface area contributed by atoms with Gasteiger partial charge in [-0.3, -0.25) is 0 Å². The number of unbranched alkanes of at least 4 members (excludes halogenated alkanes) is 2. The maximum atomic E-state index is 4.70. The van der Waals surface area contributed by atoms with Gasteiger partial charge in [0.2, 0.25) is 5.95 Å². The molecule has 1 aromatic carbocycles. The van der Waals surface area contributed by atoms with E-state index in [0.29, 0.717) is 0 Å². The maximum absolute atomic E-state index is 4.70. The molecule has 0 fully saturated rings. The molecule has 0 aliphatic rings. The molecule has 4 nitrogen and oxygen atoms in total. The number of nitrogens with zero attached hydrogens (tertiary/aromatic N) is 3. The van der Waals surface area contributed by atoms with Crippen LogP contribution in [0.2, 0.25) is 0 Å². The Hall–Kier alpha value is -2.10. The molecule has 0 aliphatic heterocycles. The van der Waals surface area contributed by atoms with E-state index in [9.17, 15) is 0 Å². The molecular weight excluding hydrogens is 284 g/mol. The predicted molar refractivity (Wildman–Crippen MR) is 99.0 cm³/mol. The summed E-state index contributed by atoms with van der Waals surface area (Å²) in [6, 6.07) is 12.4. The van der Waals surface area contributed by atoms with Crippen molar-refractivity contribution in [1.29, 1.82) is 0 Å². The van der Waals surface area contributed by atoms with E-state index in [1.165, 1.54) is 12.8 Å². The summed E-state index contributed by atoms with van der Waals surface area (Å²) in [4.78, 5) is 11.7. The van der Waals surface area contributed by atoms with Gasteiger partial charge in [0.15, 0.2) is 0 Å². The lowest BCUT2D eigenvalue weighted by Gasteiger charge is -2.21. The first kappa shape index (κ1) is 17.3. The molecule has 4 heteroatoms. The molecule has 124 valence electrons. The van der Waals surface area contributed by atoms with E-state index in [2.05, 4.69) is 49.2 Å². The van der Waals surface area contributed by atoms with Crippen LogP contribution in [0.1, 0.15) is 40.0 Å². The average Bonchev–Trinajstić information content (AvgIpc) is 2.60. The molecular formula is C19H28N4. The fraction of sp³-hybridized carbons (Fsp3) is 0.474. The van der Waals surface area contributed by atoms with Crippen LogP contribution in [-0.2, 0) is 0 Å². The van der Waals surface area contributed by atoms with E-state index in [1.54, 1.807) is 0 Å². The molecule has 0 aliphatic carbocycles. The number of rotatable bonds is 9. The molecule has 2 aromatic rings. The summed E-state index contributed by atoms with van der Waals surface area (Å²) in [5, 5.41) is 3.38.